The van der Waals surface area contributed by atoms with Crippen LogP contribution in [-0.4, -0.2) is 109 Å². The summed E-state index contributed by atoms with van der Waals surface area (Å²) in [6, 6.07) is 18.9. The van der Waals surface area contributed by atoms with Crippen molar-refractivity contribution in [2.45, 2.75) is 80.5 Å². The van der Waals surface area contributed by atoms with Crippen LogP contribution < -0.4 is 5.56 Å². The first-order chi connectivity index (χ1) is 28.5. The maximum absolute atomic E-state index is 14.4. The summed E-state index contributed by atoms with van der Waals surface area (Å²) in [4.78, 5) is 55.7. The van der Waals surface area contributed by atoms with Gasteiger partial charge in [0.2, 0.25) is 5.91 Å². The number of carboxylic acids is 2. The van der Waals surface area contributed by atoms with Gasteiger partial charge in [-0.25, -0.2) is 14.0 Å². The number of aliphatic carboxylic acids is 2. The van der Waals surface area contributed by atoms with Crippen molar-refractivity contribution < 1.29 is 57.1 Å². The zero-order valence-corrected chi connectivity index (χ0v) is 33.5. The van der Waals surface area contributed by atoms with E-state index in [9.17, 15) is 36.7 Å². The summed E-state index contributed by atoms with van der Waals surface area (Å²) in [5.41, 5.74) is 3.82. The monoisotopic (exact) mass is 858 g/mol. The van der Waals surface area contributed by atoms with Crippen LogP contribution in [0.4, 0.5) is 17.6 Å². The van der Waals surface area contributed by atoms with Gasteiger partial charge in [0.25, 0.3) is 5.56 Å². The second kappa shape index (κ2) is 20.9. The Kier molecular flexibility index (Phi) is 16.0. The average Bonchev–Trinajstić information content (AvgIpc) is 3.74. The highest BCUT2D eigenvalue weighted by Gasteiger charge is 2.32. The number of likely N-dealkylation sites (tertiary alicyclic amines) is 1. The summed E-state index contributed by atoms with van der Waals surface area (Å²) < 4.78 is 59.9. The molecule has 4 N–H and O–H groups in total. The lowest BCUT2D eigenvalue weighted by atomic mass is 10.00. The zero-order chi connectivity index (χ0) is 43.6. The van der Waals surface area contributed by atoms with Gasteiger partial charge < -0.3 is 39.5 Å². The van der Waals surface area contributed by atoms with Gasteiger partial charge in [0.05, 0.1) is 12.2 Å². The fraction of sp³-hybridized carbons (Fsp3) is 0.405. The van der Waals surface area contributed by atoms with Crippen molar-refractivity contribution in [2.24, 2.45) is 0 Å². The van der Waals surface area contributed by atoms with Crippen LogP contribution in [0.25, 0.3) is 11.1 Å². The van der Waals surface area contributed by atoms with E-state index in [-0.39, 0.29) is 29.9 Å². The Morgan fingerprint density at radius 2 is 1.45 bits per heavy atom. The molecule has 0 bridgehead atoms. The molecule has 1 aromatic heterocycles. The number of carbonyl (C=O) groups is 3. The molecule has 2 atom stereocenters. The molecule has 1 amide bonds. The third-order valence-corrected chi connectivity index (χ3v) is 11.4. The molecule has 2 aliphatic rings. The fourth-order valence-corrected chi connectivity index (χ4v) is 8.00. The number of fused-ring (bicyclic) bond motifs is 1. The van der Waals surface area contributed by atoms with Gasteiger partial charge in [-0.1, -0.05) is 60.3 Å². The number of hydrogen-bond donors (Lipinski definition) is 4. The number of carboxylic acid groups (broad SMARTS) is 2. The highest BCUT2D eigenvalue weighted by Crippen LogP contribution is 2.32. The number of halogens is 4. The number of aromatic nitrogens is 2. The number of carbonyl (C=O) groups excluding carboxylic acids is 1. The predicted octanol–water partition coefficient (Wildman–Crippen LogP) is 4.87. The minimum Gasteiger partial charge on any atom is -0.479 e. The summed E-state index contributed by atoms with van der Waals surface area (Å²) in [6.07, 6.45) is -5.19. The lowest BCUT2D eigenvalue weighted by Gasteiger charge is -2.39. The Hall–Kier alpha value is -5.14. The number of methoxy groups -OCH3 is 1. The fourth-order valence-electron chi connectivity index (χ4n) is 7.03. The van der Waals surface area contributed by atoms with E-state index in [0.717, 1.165) is 73.4 Å². The smallest absolute Gasteiger partial charge is 0.416 e. The number of hydrogen-bond acceptors (Lipinski definition) is 10. The third kappa shape index (κ3) is 12.2. The van der Waals surface area contributed by atoms with Crippen LogP contribution >= 0.6 is 11.8 Å². The first-order valence-corrected chi connectivity index (χ1v) is 20.1. The standard InChI is InChI=1S/C38H40F4N4O3S.C4H6O6/c1-49-22-21-44-19-17-32(18-20-44)45(23-26-5-9-28(10-6-26)29-11-13-30(14-12-29)38(40,41)42)35(47)24-46-34-4-2-3-33(34)36(48)43-37(46)50-25-27-7-15-31(39)16-8-27;5-1(3(7)8)2(6)4(9)10/h5-16,32H,2-4,17-25H2,1H3;1-2,5-6H,(H,7,8)(H,9,10). The first kappa shape index (κ1) is 45.9. The minimum absolute atomic E-state index is 0.00779. The Balaban J connectivity index is 0.000000606. The van der Waals surface area contributed by atoms with Crippen LogP contribution in [0, 0.1) is 5.82 Å². The van der Waals surface area contributed by atoms with E-state index in [1.807, 2.05) is 33.7 Å². The van der Waals surface area contributed by atoms with Crippen molar-refractivity contribution in [1.82, 2.24) is 19.4 Å². The average molecular weight is 859 g/mol. The van der Waals surface area contributed by atoms with Crippen molar-refractivity contribution in [1.29, 1.82) is 0 Å². The number of nitrogens with zero attached hydrogens (tertiary/aromatic N) is 4. The highest BCUT2D eigenvalue weighted by molar-refractivity contribution is 7.98. The lowest BCUT2D eigenvalue weighted by molar-refractivity contribution is -0.165. The van der Waals surface area contributed by atoms with Crippen molar-refractivity contribution in [3.63, 3.8) is 0 Å². The maximum atomic E-state index is 14.4. The van der Waals surface area contributed by atoms with Crippen molar-refractivity contribution in [3.8, 4) is 11.1 Å². The first-order valence-electron chi connectivity index (χ1n) is 19.1. The topological polar surface area (TPSA) is 183 Å². The Morgan fingerprint density at radius 1 is 0.883 bits per heavy atom. The zero-order valence-electron chi connectivity index (χ0n) is 32.7. The summed E-state index contributed by atoms with van der Waals surface area (Å²) in [7, 11) is 1.69. The number of ether oxygens (including phenoxy) is 1. The molecule has 6 rings (SSSR count). The quantitative estimate of drug-likeness (QED) is 0.0725. The summed E-state index contributed by atoms with van der Waals surface area (Å²) in [5, 5.41) is 33.0. The predicted molar refractivity (Wildman–Crippen MR) is 213 cm³/mol. The molecule has 1 aliphatic carbocycles. The Labute approximate surface area is 347 Å². The second-order valence-corrected chi connectivity index (χ2v) is 15.3. The number of amides is 1. The maximum Gasteiger partial charge on any atom is 0.416 e. The van der Waals surface area contributed by atoms with E-state index in [4.69, 9.17) is 25.2 Å². The summed E-state index contributed by atoms with van der Waals surface area (Å²) in [6.45, 7) is 3.53. The normalized spacial score (nSPS) is 15.4. The van der Waals surface area contributed by atoms with Crippen LogP contribution in [0.5, 0.6) is 0 Å². The molecule has 1 saturated heterocycles. The van der Waals surface area contributed by atoms with Crippen molar-refractivity contribution in [2.75, 3.05) is 33.4 Å². The Morgan fingerprint density at radius 3 is 2.00 bits per heavy atom. The van der Waals surface area contributed by atoms with Crippen molar-refractivity contribution >= 4 is 29.6 Å². The molecule has 1 fully saturated rings. The molecule has 3 aromatic carbocycles. The Bertz CT molecular complexity index is 2130. The molecule has 0 radical (unpaired) electrons. The second-order valence-electron chi connectivity index (χ2n) is 14.4. The number of aliphatic hydroxyl groups excluding tert-OH is 2. The van der Waals surface area contributed by atoms with E-state index >= 15 is 0 Å². The van der Waals surface area contributed by atoms with Gasteiger partial charge in [-0.15, -0.1) is 0 Å². The third-order valence-electron chi connectivity index (χ3n) is 10.4. The van der Waals surface area contributed by atoms with E-state index in [1.54, 1.807) is 19.2 Å². The highest BCUT2D eigenvalue weighted by atomic mass is 32.2. The van der Waals surface area contributed by atoms with Crippen LogP contribution in [0.1, 0.15) is 47.2 Å². The molecule has 4 aromatic rings. The summed E-state index contributed by atoms with van der Waals surface area (Å²) in [5.74, 6) is -3.47. The molecule has 0 saturated carbocycles. The lowest BCUT2D eigenvalue weighted by Crippen LogP contribution is -2.48. The molecule has 2 heterocycles. The van der Waals surface area contributed by atoms with E-state index in [1.165, 1.54) is 36.0 Å². The molecule has 0 spiro atoms. The molecular weight excluding hydrogens is 813 g/mol. The largest absolute Gasteiger partial charge is 0.479 e. The number of aliphatic hydroxyl groups is 2. The number of piperidine rings is 1. The molecule has 13 nitrogen and oxygen atoms in total. The van der Waals surface area contributed by atoms with Gasteiger partial charge in [-0.2, -0.15) is 18.2 Å². The SMILES string of the molecule is COCCN1CCC(N(Cc2ccc(-c3ccc(C(F)(F)F)cc3)cc2)C(=O)Cn2c(SCc3ccc(F)cc3)nc(=O)c3c2CCC3)CC1.O=C(O)C(O)C(O)C(=O)O. The number of benzene rings is 3. The number of alkyl halides is 3. The van der Waals surface area contributed by atoms with Gasteiger partial charge in [-0.05, 0) is 78.6 Å². The molecule has 2 unspecified atom stereocenters. The molecule has 1 aliphatic heterocycles. The van der Waals surface area contributed by atoms with Gasteiger partial charge in [0, 0.05) is 56.3 Å². The van der Waals surface area contributed by atoms with Crippen LogP contribution in [0.2, 0.25) is 0 Å². The molecule has 18 heteroatoms. The van der Waals surface area contributed by atoms with E-state index in [0.29, 0.717) is 48.0 Å². The van der Waals surface area contributed by atoms with Crippen LogP contribution in [-0.2, 0) is 57.0 Å². The van der Waals surface area contributed by atoms with Gasteiger partial charge in [0.15, 0.2) is 17.4 Å². The number of rotatable bonds is 15. The van der Waals surface area contributed by atoms with Crippen LogP contribution in [0.15, 0.2) is 82.7 Å². The van der Waals surface area contributed by atoms with Gasteiger partial charge in [-0.3, -0.25) is 9.59 Å². The van der Waals surface area contributed by atoms with Gasteiger partial charge >= 0.3 is 18.1 Å². The van der Waals surface area contributed by atoms with Crippen molar-refractivity contribution in [3.05, 3.63) is 117 Å². The van der Waals surface area contributed by atoms with E-state index < -0.39 is 35.9 Å². The van der Waals surface area contributed by atoms with Gasteiger partial charge in [0.1, 0.15) is 12.4 Å². The molecular formula is C42H46F4N4O9S. The minimum atomic E-state index is -4.40. The molecule has 322 valence electrons. The summed E-state index contributed by atoms with van der Waals surface area (Å²) >= 11 is 1.37. The van der Waals surface area contributed by atoms with Crippen LogP contribution in [0.3, 0.4) is 0 Å². The number of thioether (sulfide) groups is 1. The van der Waals surface area contributed by atoms with E-state index in [2.05, 4.69) is 9.88 Å². The molecule has 60 heavy (non-hydrogen) atoms.